The van der Waals surface area contributed by atoms with Crippen molar-refractivity contribution in [3.05, 3.63) is 12.2 Å². The Labute approximate surface area is 182 Å². The highest BCUT2D eigenvalue weighted by Gasteiger charge is 2.74. The summed E-state index contributed by atoms with van der Waals surface area (Å²) in [6, 6.07) is 0. The van der Waals surface area contributed by atoms with Crippen LogP contribution in [0.4, 0.5) is 0 Å². The molecule has 170 valence electrons. The van der Waals surface area contributed by atoms with Crippen LogP contribution in [0.25, 0.3) is 0 Å². The van der Waals surface area contributed by atoms with Gasteiger partial charge in [-0.1, -0.05) is 27.4 Å². The van der Waals surface area contributed by atoms with Crippen molar-refractivity contribution in [3.8, 4) is 0 Å². The van der Waals surface area contributed by atoms with Gasteiger partial charge < -0.3 is 14.6 Å². The van der Waals surface area contributed by atoms with Gasteiger partial charge in [-0.25, -0.2) is 0 Å². The molecule has 0 unspecified atom stereocenters. The average molecular weight is 433 g/mol. The first-order valence-electron chi connectivity index (χ1n) is 11.0. The van der Waals surface area contributed by atoms with Gasteiger partial charge in [-0.3, -0.25) is 19.2 Å². The lowest BCUT2D eigenvalue weighted by atomic mass is 9.39. The van der Waals surface area contributed by atoms with Crippen molar-refractivity contribution in [2.24, 2.45) is 34.0 Å². The van der Waals surface area contributed by atoms with Gasteiger partial charge in [0, 0.05) is 42.9 Å². The van der Waals surface area contributed by atoms with Crippen LogP contribution in [0.5, 0.6) is 0 Å². The fraction of sp³-hybridized carbons (Fsp3) is 0.750. The van der Waals surface area contributed by atoms with E-state index in [2.05, 4.69) is 6.58 Å². The number of ether oxygens (including phenoxy) is 2. The summed E-state index contributed by atoms with van der Waals surface area (Å²) in [5.41, 5.74) is -2.10. The van der Waals surface area contributed by atoms with Gasteiger partial charge in [-0.05, 0) is 36.2 Å². The van der Waals surface area contributed by atoms with Gasteiger partial charge in [-0.2, -0.15) is 0 Å². The average Bonchev–Trinajstić information content (AvgIpc) is 2.77. The number of aliphatic hydroxyl groups excluding tert-OH is 1. The minimum absolute atomic E-state index is 0.0573. The second kappa shape index (κ2) is 6.74. The molecule has 4 fully saturated rings. The van der Waals surface area contributed by atoms with Gasteiger partial charge in [-0.15, -0.1) is 0 Å². The van der Waals surface area contributed by atoms with Crippen LogP contribution < -0.4 is 0 Å². The maximum Gasteiger partial charge on any atom is 0.303 e. The zero-order chi connectivity index (χ0) is 23.1. The summed E-state index contributed by atoms with van der Waals surface area (Å²) >= 11 is 0. The Kier molecular flexibility index (Phi) is 4.82. The molecule has 0 aromatic rings. The first-order chi connectivity index (χ1) is 14.3. The van der Waals surface area contributed by atoms with Crippen molar-refractivity contribution in [1.82, 2.24) is 0 Å². The number of fused-ring (bicyclic) bond motifs is 3. The van der Waals surface area contributed by atoms with E-state index in [1.165, 1.54) is 13.8 Å². The lowest BCUT2D eigenvalue weighted by Gasteiger charge is -2.64. The third-order valence-corrected chi connectivity index (χ3v) is 8.60. The van der Waals surface area contributed by atoms with Gasteiger partial charge in [0.15, 0.2) is 5.78 Å². The molecule has 7 heteroatoms. The molecule has 4 aliphatic rings. The van der Waals surface area contributed by atoms with Gasteiger partial charge in [0.25, 0.3) is 0 Å². The largest absolute Gasteiger partial charge is 0.459 e. The fourth-order valence-electron chi connectivity index (χ4n) is 8.16. The maximum atomic E-state index is 13.7. The topological polar surface area (TPSA) is 107 Å². The molecule has 4 rings (SSSR count). The quantitative estimate of drug-likeness (QED) is 0.527. The first kappa shape index (κ1) is 22.2. The van der Waals surface area contributed by atoms with E-state index in [0.717, 1.165) is 0 Å². The van der Waals surface area contributed by atoms with Crippen LogP contribution in [0.2, 0.25) is 0 Å². The van der Waals surface area contributed by atoms with Crippen LogP contribution >= 0.6 is 0 Å². The van der Waals surface area contributed by atoms with Gasteiger partial charge in [0.2, 0.25) is 0 Å². The van der Waals surface area contributed by atoms with E-state index in [1.807, 2.05) is 20.8 Å². The number of carbonyl (C=O) groups excluding carboxylic acids is 4. The summed E-state index contributed by atoms with van der Waals surface area (Å²) < 4.78 is 11.2. The number of rotatable bonds is 2. The highest BCUT2D eigenvalue weighted by molar-refractivity contribution is 6.06. The first-order valence-corrected chi connectivity index (χ1v) is 11.0. The van der Waals surface area contributed by atoms with Crippen molar-refractivity contribution in [2.75, 3.05) is 0 Å². The van der Waals surface area contributed by atoms with E-state index in [-0.39, 0.29) is 30.3 Å². The summed E-state index contributed by atoms with van der Waals surface area (Å²) in [7, 11) is 0. The minimum Gasteiger partial charge on any atom is -0.459 e. The lowest BCUT2D eigenvalue weighted by molar-refractivity contribution is -0.238. The molecule has 0 aliphatic heterocycles. The molecule has 7 nitrogen and oxygen atoms in total. The molecule has 0 amide bonds. The second-order valence-electron chi connectivity index (χ2n) is 11.0. The van der Waals surface area contributed by atoms with Gasteiger partial charge in [0.05, 0.1) is 6.10 Å². The van der Waals surface area contributed by atoms with E-state index in [9.17, 15) is 24.3 Å². The molecule has 8 atom stereocenters. The zero-order valence-corrected chi connectivity index (χ0v) is 18.9. The highest BCUT2D eigenvalue weighted by atomic mass is 16.6. The van der Waals surface area contributed by atoms with Crippen molar-refractivity contribution in [1.29, 1.82) is 0 Å². The molecule has 0 saturated heterocycles. The molecule has 2 bridgehead atoms. The number of Topliss-reactive ketones (excluding diaryl/α,β-unsaturated/α-hetero) is 2. The monoisotopic (exact) mass is 432 g/mol. The lowest BCUT2D eigenvalue weighted by Crippen LogP contribution is -2.69. The third-order valence-electron chi connectivity index (χ3n) is 8.60. The fourth-order valence-corrected chi connectivity index (χ4v) is 8.16. The predicted molar refractivity (Wildman–Crippen MR) is 110 cm³/mol. The van der Waals surface area contributed by atoms with E-state index >= 15 is 0 Å². The Morgan fingerprint density at radius 2 is 1.68 bits per heavy atom. The summed E-state index contributed by atoms with van der Waals surface area (Å²) in [5.74, 6) is -2.29. The molecule has 1 N–H and O–H groups in total. The number of hydrogen-bond donors (Lipinski definition) is 1. The van der Waals surface area contributed by atoms with Crippen LogP contribution in [0.15, 0.2) is 12.2 Å². The summed E-state index contributed by atoms with van der Waals surface area (Å²) in [6.45, 7) is 12.2. The molecule has 0 aromatic carbocycles. The number of allylic oxidation sites excluding steroid dienone is 1. The minimum atomic E-state index is -0.952. The Balaban J connectivity index is 1.86. The van der Waals surface area contributed by atoms with Crippen molar-refractivity contribution in [2.45, 2.75) is 78.6 Å². The molecule has 0 heterocycles. The van der Waals surface area contributed by atoms with E-state index in [1.54, 1.807) is 0 Å². The molecule has 1 spiro atoms. The molecule has 0 aromatic heterocycles. The molecule has 31 heavy (non-hydrogen) atoms. The van der Waals surface area contributed by atoms with Gasteiger partial charge >= 0.3 is 11.9 Å². The van der Waals surface area contributed by atoms with Crippen LogP contribution in [0.1, 0.15) is 60.3 Å². The van der Waals surface area contributed by atoms with E-state index in [4.69, 9.17) is 9.47 Å². The molecule has 4 saturated carbocycles. The summed E-state index contributed by atoms with van der Waals surface area (Å²) in [6.07, 6.45) is -1.05. The van der Waals surface area contributed by atoms with Crippen molar-refractivity contribution in [3.63, 3.8) is 0 Å². The molecular weight excluding hydrogens is 400 g/mol. The van der Waals surface area contributed by atoms with Crippen molar-refractivity contribution >= 4 is 23.5 Å². The Morgan fingerprint density at radius 3 is 2.26 bits per heavy atom. The Hall–Kier alpha value is -2.02. The SMILES string of the molecule is C=C1C(=O)[C@@]23CC(=O)[C@@H]4C(C)(C)[C@@H](OC(C)=O)[C@@H](OC(C)=O)C[C@@]4(C)[C@@H]2[C@H](O)C[C@@H]1C3. The Morgan fingerprint density at radius 1 is 1.06 bits per heavy atom. The molecule has 4 aliphatic carbocycles. The Bertz CT molecular complexity index is 888. The van der Waals surface area contributed by atoms with E-state index < -0.39 is 58.3 Å². The third kappa shape index (κ3) is 2.88. The maximum absolute atomic E-state index is 13.7. The van der Waals surface area contributed by atoms with Crippen LogP contribution in [-0.4, -0.2) is 46.9 Å². The van der Waals surface area contributed by atoms with Crippen LogP contribution in [0.3, 0.4) is 0 Å². The van der Waals surface area contributed by atoms with Crippen LogP contribution in [0, 0.1) is 34.0 Å². The number of carbonyl (C=O) groups is 4. The van der Waals surface area contributed by atoms with Crippen molar-refractivity contribution < 1.29 is 33.8 Å². The van der Waals surface area contributed by atoms with E-state index in [0.29, 0.717) is 18.4 Å². The number of ketones is 2. The molecule has 0 radical (unpaired) electrons. The zero-order valence-electron chi connectivity index (χ0n) is 18.9. The van der Waals surface area contributed by atoms with Crippen LogP contribution in [-0.2, 0) is 28.7 Å². The number of esters is 2. The smallest absolute Gasteiger partial charge is 0.303 e. The summed E-state index contributed by atoms with van der Waals surface area (Å²) in [4.78, 5) is 50.8. The normalized spacial score (nSPS) is 45.5. The second-order valence-corrected chi connectivity index (χ2v) is 11.0. The summed E-state index contributed by atoms with van der Waals surface area (Å²) in [5, 5.41) is 11.3. The number of hydrogen-bond acceptors (Lipinski definition) is 7. The number of aliphatic hydroxyl groups is 1. The van der Waals surface area contributed by atoms with Gasteiger partial charge in [0.1, 0.15) is 18.0 Å². The molecular formula is C24H32O7. The standard InChI is InChI=1S/C24H32O7/c1-11-14-7-15(27)19-23(6)10-17(30-12(2)25)21(31-13(3)26)22(4,5)18(23)16(28)9-24(19,8-14)20(11)29/h14-15,17-19,21,27H,1,7-10H2,2-6H3/t14-,15-,17+,18-,19+,21+,23-,24+/m1/s1. The highest BCUT2D eigenvalue weighted by Crippen LogP contribution is 2.70. The predicted octanol–water partition coefficient (Wildman–Crippen LogP) is 2.39.